The molecule has 7 heteroatoms. The smallest absolute Gasteiger partial charge is 0.240 e. The number of nitrogens with one attached hydrogen (secondary N) is 1. The van der Waals surface area contributed by atoms with Gasteiger partial charge in [-0.3, -0.25) is 4.68 Å². The molecule has 0 saturated carbocycles. The van der Waals surface area contributed by atoms with Crippen LogP contribution in [0, 0.1) is 11.8 Å². The lowest BCUT2D eigenvalue weighted by atomic mass is 10.2. The van der Waals surface area contributed by atoms with Gasteiger partial charge in [0.15, 0.2) is 0 Å². The molecule has 0 atom stereocenters. The maximum atomic E-state index is 12.2. The molecule has 0 amide bonds. The van der Waals surface area contributed by atoms with Crippen molar-refractivity contribution < 1.29 is 8.42 Å². The van der Waals surface area contributed by atoms with Crippen LogP contribution in [0.4, 0.5) is 0 Å². The topological polar surface area (TPSA) is 90.0 Å². The van der Waals surface area contributed by atoms with E-state index in [1.165, 1.54) is 12.1 Å². The first-order valence-corrected chi connectivity index (χ1v) is 7.77. The first-order chi connectivity index (χ1) is 10.0. The van der Waals surface area contributed by atoms with E-state index in [1.54, 1.807) is 36.1 Å². The molecule has 0 bridgehead atoms. The summed E-state index contributed by atoms with van der Waals surface area (Å²) in [5.74, 6) is 5.56. The van der Waals surface area contributed by atoms with Gasteiger partial charge in [0, 0.05) is 18.8 Å². The molecule has 0 fully saturated rings. The molecular weight excluding hydrogens is 288 g/mol. The molecule has 0 aliphatic rings. The monoisotopic (exact) mass is 304 g/mol. The van der Waals surface area contributed by atoms with Gasteiger partial charge in [0.25, 0.3) is 0 Å². The van der Waals surface area contributed by atoms with E-state index < -0.39 is 10.0 Å². The van der Waals surface area contributed by atoms with Gasteiger partial charge in [-0.2, -0.15) is 5.10 Å². The Labute approximate surface area is 124 Å². The van der Waals surface area contributed by atoms with Gasteiger partial charge < -0.3 is 5.73 Å². The van der Waals surface area contributed by atoms with Crippen molar-refractivity contribution in [3.63, 3.8) is 0 Å². The van der Waals surface area contributed by atoms with Crippen LogP contribution >= 0.6 is 0 Å². The Balaban J connectivity index is 2.10. The highest BCUT2D eigenvalue weighted by Gasteiger charge is 2.14. The highest BCUT2D eigenvalue weighted by molar-refractivity contribution is 7.89. The summed E-state index contributed by atoms with van der Waals surface area (Å²) in [5.41, 5.74) is 6.80. The number of aryl methyl sites for hydroxylation is 1. The summed E-state index contributed by atoms with van der Waals surface area (Å²) in [4.78, 5) is 0.197. The molecule has 6 nitrogen and oxygen atoms in total. The Kier molecular flexibility index (Phi) is 4.75. The largest absolute Gasteiger partial charge is 0.320 e. The van der Waals surface area contributed by atoms with Crippen molar-refractivity contribution in [2.24, 2.45) is 12.8 Å². The van der Waals surface area contributed by atoms with Crippen molar-refractivity contribution in [2.45, 2.75) is 11.4 Å². The Bertz CT molecular complexity index is 767. The summed E-state index contributed by atoms with van der Waals surface area (Å²) in [7, 11) is -1.80. The minimum absolute atomic E-state index is 0.188. The molecule has 2 aromatic rings. The molecule has 1 aromatic carbocycles. The Morgan fingerprint density at radius 1 is 1.29 bits per heavy atom. The van der Waals surface area contributed by atoms with Gasteiger partial charge in [0.2, 0.25) is 10.0 Å². The second kappa shape index (κ2) is 6.54. The number of hydrogen-bond donors (Lipinski definition) is 2. The number of nitrogens with zero attached hydrogens (tertiary/aromatic N) is 2. The van der Waals surface area contributed by atoms with Crippen LogP contribution in [0.25, 0.3) is 0 Å². The predicted octanol–water partition coefficient (Wildman–Crippen LogP) is 0.209. The summed E-state index contributed by atoms with van der Waals surface area (Å²) in [5, 5.41) is 3.99. The molecule has 0 saturated heterocycles. The summed E-state index contributed by atoms with van der Waals surface area (Å²) in [6.45, 7) is 0.458. The molecule has 0 spiro atoms. The van der Waals surface area contributed by atoms with Crippen molar-refractivity contribution in [1.29, 1.82) is 0 Å². The Morgan fingerprint density at radius 3 is 2.57 bits per heavy atom. The third kappa shape index (κ3) is 3.92. The second-order valence-electron chi connectivity index (χ2n) is 4.30. The van der Waals surface area contributed by atoms with Gasteiger partial charge in [0.1, 0.15) is 0 Å². The Morgan fingerprint density at radius 2 is 2.00 bits per heavy atom. The van der Waals surface area contributed by atoms with E-state index >= 15 is 0 Å². The van der Waals surface area contributed by atoms with Crippen molar-refractivity contribution in [2.75, 3.05) is 6.54 Å². The summed E-state index contributed by atoms with van der Waals surface area (Å²) in [6.07, 6.45) is 1.62. The normalized spacial score (nSPS) is 11.0. The summed E-state index contributed by atoms with van der Waals surface area (Å²) >= 11 is 0. The minimum Gasteiger partial charge on any atom is -0.320 e. The van der Waals surface area contributed by atoms with E-state index in [9.17, 15) is 8.42 Å². The van der Waals surface area contributed by atoms with Crippen LogP contribution in [0.5, 0.6) is 0 Å². The second-order valence-corrected chi connectivity index (χ2v) is 6.07. The third-order valence-electron chi connectivity index (χ3n) is 2.87. The number of sulfonamides is 1. The van der Waals surface area contributed by atoms with E-state index in [1.807, 2.05) is 0 Å². The van der Waals surface area contributed by atoms with Crippen LogP contribution in [0.15, 0.2) is 41.4 Å². The van der Waals surface area contributed by atoms with Crippen molar-refractivity contribution >= 4 is 10.0 Å². The molecule has 0 aliphatic carbocycles. The quantitative estimate of drug-likeness (QED) is 0.790. The molecule has 0 unspecified atom stereocenters. The van der Waals surface area contributed by atoms with Gasteiger partial charge in [-0.05, 0) is 30.3 Å². The van der Waals surface area contributed by atoms with Gasteiger partial charge >= 0.3 is 0 Å². The molecule has 1 aromatic heterocycles. The fraction of sp³-hybridized carbons (Fsp3) is 0.214. The fourth-order valence-corrected chi connectivity index (χ4v) is 2.70. The van der Waals surface area contributed by atoms with E-state index in [0.29, 0.717) is 0 Å². The van der Waals surface area contributed by atoms with Gasteiger partial charge in [0.05, 0.1) is 23.7 Å². The Hall–Kier alpha value is -2.14. The number of aromatic nitrogens is 2. The average molecular weight is 304 g/mol. The standard InChI is InChI=1S/C14H16N4O2S/c1-18-13(8-10-16-18)11-17-21(19,20)14-6-4-12(5-7-14)3-2-9-15/h4-8,10,17H,9,11,15H2,1H3. The fourth-order valence-electron chi connectivity index (χ4n) is 1.70. The van der Waals surface area contributed by atoms with Crippen LogP contribution in [0.1, 0.15) is 11.3 Å². The van der Waals surface area contributed by atoms with Crippen LogP contribution in [-0.4, -0.2) is 24.7 Å². The average Bonchev–Trinajstić information content (AvgIpc) is 2.89. The van der Waals surface area contributed by atoms with Crippen molar-refractivity contribution in [3.05, 3.63) is 47.8 Å². The highest BCUT2D eigenvalue weighted by atomic mass is 32.2. The van der Waals surface area contributed by atoms with Crippen LogP contribution in [0.2, 0.25) is 0 Å². The van der Waals surface area contributed by atoms with Crippen LogP contribution < -0.4 is 10.5 Å². The van der Waals surface area contributed by atoms with E-state index in [0.717, 1.165) is 11.3 Å². The maximum absolute atomic E-state index is 12.2. The minimum atomic E-state index is -3.55. The lowest BCUT2D eigenvalue weighted by Gasteiger charge is -2.07. The van der Waals surface area contributed by atoms with Gasteiger partial charge in [-0.1, -0.05) is 11.8 Å². The highest BCUT2D eigenvalue weighted by Crippen LogP contribution is 2.10. The molecule has 3 N–H and O–H groups in total. The first-order valence-electron chi connectivity index (χ1n) is 6.28. The summed E-state index contributed by atoms with van der Waals surface area (Å²) < 4.78 is 28.5. The molecule has 0 aliphatic heterocycles. The van der Waals surface area contributed by atoms with E-state index in [4.69, 9.17) is 5.73 Å². The van der Waals surface area contributed by atoms with Crippen molar-refractivity contribution in [1.82, 2.24) is 14.5 Å². The maximum Gasteiger partial charge on any atom is 0.240 e. The number of benzene rings is 1. The molecular formula is C14H16N4O2S. The molecule has 2 rings (SSSR count). The van der Waals surface area contributed by atoms with Gasteiger partial charge in [-0.25, -0.2) is 13.1 Å². The predicted molar refractivity (Wildman–Crippen MR) is 79.6 cm³/mol. The zero-order valence-electron chi connectivity index (χ0n) is 11.6. The van der Waals surface area contributed by atoms with E-state index in [-0.39, 0.29) is 18.0 Å². The summed E-state index contributed by atoms with van der Waals surface area (Å²) in [6, 6.07) is 8.11. The number of rotatable bonds is 4. The lowest BCUT2D eigenvalue weighted by Crippen LogP contribution is -2.24. The zero-order chi connectivity index (χ0) is 15.3. The first kappa shape index (κ1) is 15.3. The van der Waals surface area contributed by atoms with E-state index in [2.05, 4.69) is 21.7 Å². The van der Waals surface area contributed by atoms with Crippen molar-refractivity contribution in [3.8, 4) is 11.8 Å². The third-order valence-corrected chi connectivity index (χ3v) is 4.28. The SMILES string of the molecule is Cn1nccc1CNS(=O)(=O)c1ccc(C#CCN)cc1. The molecule has 110 valence electrons. The van der Waals surface area contributed by atoms with Crippen LogP contribution in [-0.2, 0) is 23.6 Å². The lowest BCUT2D eigenvalue weighted by molar-refractivity contribution is 0.577. The number of nitrogens with two attached hydrogens (primary N) is 1. The molecule has 1 heterocycles. The van der Waals surface area contributed by atoms with Crippen LogP contribution in [0.3, 0.4) is 0 Å². The van der Waals surface area contributed by atoms with Gasteiger partial charge in [-0.15, -0.1) is 0 Å². The number of hydrogen-bond acceptors (Lipinski definition) is 4. The molecule has 0 radical (unpaired) electrons. The molecule has 21 heavy (non-hydrogen) atoms. The zero-order valence-corrected chi connectivity index (χ0v) is 12.4.